The summed E-state index contributed by atoms with van der Waals surface area (Å²) in [5, 5.41) is 18.0. The SMILES string of the molecule is CC1(C(=N)Nc2cccc3c2OCO3)CCN(c2cnc3c(-c4cccc(Cl)c4Cl)nn(C4CCCCO4)c3n2)CC1. The van der Waals surface area contributed by atoms with E-state index in [-0.39, 0.29) is 18.4 Å². The van der Waals surface area contributed by atoms with Crippen molar-refractivity contribution in [3.63, 3.8) is 0 Å². The quantitative estimate of drug-likeness (QED) is 0.186. The molecule has 12 heteroatoms. The molecule has 0 spiro atoms. The molecule has 218 valence electrons. The number of benzene rings is 2. The zero-order valence-electron chi connectivity index (χ0n) is 23.2. The molecule has 0 saturated carbocycles. The number of rotatable bonds is 5. The summed E-state index contributed by atoms with van der Waals surface area (Å²) in [5.74, 6) is 2.59. The minimum atomic E-state index is -0.329. The number of halogens is 2. The van der Waals surface area contributed by atoms with Gasteiger partial charge >= 0.3 is 0 Å². The number of nitrogens with one attached hydrogen (secondary N) is 2. The van der Waals surface area contributed by atoms with Crippen molar-refractivity contribution in [2.75, 3.05) is 36.7 Å². The van der Waals surface area contributed by atoms with Gasteiger partial charge in [-0.2, -0.15) is 5.10 Å². The number of aromatic nitrogens is 4. The average Bonchev–Trinajstić information content (AvgIpc) is 3.65. The lowest BCUT2D eigenvalue weighted by Gasteiger charge is -2.40. The normalized spacial score (nSPS) is 19.7. The van der Waals surface area contributed by atoms with Crippen LogP contribution >= 0.6 is 23.2 Å². The van der Waals surface area contributed by atoms with Gasteiger partial charge in [0, 0.05) is 30.7 Å². The minimum Gasteiger partial charge on any atom is -0.454 e. The lowest BCUT2D eigenvalue weighted by molar-refractivity contribution is -0.0368. The molecule has 0 radical (unpaired) electrons. The van der Waals surface area contributed by atoms with Crippen molar-refractivity contribution in [2.24, 2.45) is 5.41 Å². The number of amidine groups is 1. The van der Waals surface area contributed by atoms with Crippen LogP contribution in [0.25, 0.3) is 22.4 Å². The van der Waals surface area contributed by atoms with Crippen LogP contribution < -0.4 is 19.7 Å². The Labute approximate surface area is 253 Å². The van der Waals surface area contributed by atoms with Gasteiger partial charge in [-0.15, -0.1) is 0 Å². The Balaban J connectivity index is 1.15. The van der Waals surface area contributed by atoms with Crippen molar-refractivity contribution in [3.8, 4) is 22.8 Å². The van der Waals surface area contributed by atoms with E-state index in [2.05, 4.69) is 17.1 Å². The number of ether oxygens (including phenoxy) is 3. The summed E-state index contributed by atoms with van der Waals surface area (Å²) in [6.07, 6.45) is 6.08. The van der Waals surface area contributed by atoms with Crippen molar-refractivity contribution in [3.05, 3.63) is 52.6 Å². The van der Waals surface area contributed by atoms with Gasteiger partial charge in [-0.1, -0.05) is 48.3 Å². The highest BCUT2D eigenvalue weighted by atomic mass is 35.5. The van der Waals surface area contributed by atoms with E-state index < -0.39 is 0 Å². The zero-order chi connectivity index (χ0) is 28.8. The molecule has 0 bridgehead atoms. The molecule has 2 N–H and O–H groups in total. The third-order valence-corrected chi connectivity index (χ3v) is 9.30. The maximum absolute atomic E-state index is 8.92. The van der Waals surface area contributed by atoms with Gasteiger partial charge in [0.1, 0.15) is 22.9 Å². The van der Waals surface area contributed by atoms with E-state index in [9.17, 15) is 0 Å². The summed E-state index contributed by atoms with van der Waals surface area (Å²) >= 11 is 12.9. The summed E-state index contributed by atoms with van der Waals surface area (Å²) < 4.78 is 19.1. The lowest BCUT2D eigenvalue weighted by atomic mass is 9.79. The molecule has 7 rings (SSSR count). The molecule has 0 aliphatic carbocycles. The third kappa shape index (κ3) is 4.81. The van der Waals surface area contributed by atoms with Gasteiger partial charge in [-0.3, -0.25) is 5.41 Å². The first-order valence-electron chi connectivity index (χ1n) is 14.2. The summed E-state index contributed by atoms with van der Waals surface area (Å²) in [7, 11) is 0. The van der Waals surface area contributed by atoms with Crippen LogP contribution in [0.4, 0.5) is 11.5 Å². The molecule has 1 unspecified atom stereocenters. The van der Waals surface area contributed by atoms with Gasteiger partial charge in [0.25, 0.3) is 0 Å². The number of nitrogens with zero attached hydrogens (tertiary/aromatic N) is 5. The average molecular weight is 609 g/mol. The van der Waals surface area contributed by atoms with E-state index in [0.717, 1.165) is 56.7 Å². The van der Waals surface area contributed by atoms with Gasteiger partial charge in [-0.05, 0) is 50.3 Å². The first-order chi connectivity index (χ1) is 20.4. The van der Waals surface area contributed by atoms with E-state index in [4.69, 9.17) is 57.9 Å². The predicted octanol–water partition coefficient (Wildman–Crippen LogP) is 6.92. The molecule has 0 amide bonds. The molecule has 5 heterocycles. The lowest BCUT2D eigenvalue weighted by Crippen LogP contribution is -2.45. The number of hydrogen-bond donors (Lipinski definition) is 2. The van der Waals surface area contributed by atoms with Crippen molar-refractivity contribution < 1.29 is 14.2 Å². The van der Waals surface area contributed by atoms with E-state index >= 15 is 0 Å². The fraction of sp³-hybridized carbons (Fsp3) is 0.400. The Morgan fingerprint density at radius 1 is 1.10 bits per heavy atom. The van der Waals surface area contributed by atoms with Crippen LogP contribution in [0.2, 0.25) is 10.0 Å². The second-order valence-corrected chi connectivity index (χ2v) is 12.0. The minimum absolute atomic E-state index is 0.193. The molecule has 3 aliphatic rings. The number of piperidine rings is 1. The van der Waals surface area contributed by atoms with Crippen LogP contribution in [0.5, 0.6) is 11.5 Å². The van der Waals surface area contributed by atoms with Crippen LogP contribution in [-0.4, -0.2) is 52.1 Å². The molecular formula is C30H31Cl2N7O3. The fourth-order valence-corrected chi connectivity index (χ4v) is 6.22. The summed E-state index contributed by atoms with van der Waals surface area (Å²) in [6.45, 7) is 4.47. The molecule has 2 saturated heterocycles. The smallest absolute Gasteiger partial charge is 0.231 e. The summed E-state index contributed by atoms with van der Waals surface area (Å²) in [6, 6.07) is 11.2. The highest BCUT2D eigenvalue weighted by Crippen LogP contribution is 2.42. The van der Waals surface area contributed by atoms with Crippen LogP contribution in [-0.2, 0) is 4.74 Å². The fourth-order valence-electron chi connectivity index (χ4n) is 5.83. The Hall–Kier alpha value is -3.60. The van der Waals surface area contributed by atoms with Crippen molar-refractivity contribution in [1.82, 2.24) is 19.7 Å². The zero-order valence-corrected chi connectivity index (χ0v) is 24.7. The first-order valence-corrected chi connectivity index (χ1v) is 15.0. The van der Waals surface area contributed by atoms with Crippen molar-refractivity contribution >= 4 is 51.7 Å². The van der Waals surface area contributed by atoms with Crippen LogP contribution in [0.1, 0.15) is 45.3 Å². The van der Waals surface area contributed by atoms with E-state index in [1.807, 2.05) is 35.0 Å². The maximum Gasteiger partial charge on any atom is 0.231 e. The van der Waals surface area contributed by atoms with Gasteiger partial charge in [0.05, 0.1) is 21.9 Å². The summed E-state index contributed by atoms with van der Waals surface area (Å²) in [4.78, 5) is 12.2. The standard InChI is InChI=1S/C30H31Cl2N7O3/c1-30(29(33)35-20-8-5-9-21-27(20)42-17-41-21)11-13-38(14-12-30)22-16-34-26-25(18-6-4-7-19(31)24(18)32)37-39(28(26)36-22)23-10-2-3-15-40-23/h4-9,16,23H,2-3,10-15,17H2,1H3,(H2,33,35). The summed E-state index contributed by atoms with van der Waals surface area (Å²) in [5.41, 5.74) is 3.10. The van der Waals surface area contributed by atoms with E-state index in [1.165, 1.54) is 0 Å². The third-order valence-electron chi connectivity index (χ3n) is 8.48. The molecule has 4 aromatic rings. The number of anilines is 2. The molecular weight excluding hydrogens is 577 g/mol. The van der Waals surface area contributed by atoms with Crippen LogP contribution in [0, 0.1) is 10.8 Å². The molecule has 3 aliphatic heterocycles. The number of fused-ring (bicyclic) bond motifs is 2. The van der Waals surface area contributed by atoms with E-state index in [1.54, 1.807) is 12.3 Å². The largest absolute Gasteiger partial charge is 0.454 e. The van der Waals surface area contributed by atoms with E-state index in [0.29, 0.717) is 56.4 Å². The number of para-hydroxylation sites is 1. The van der Waals surface area contributed by atoms with Crippen LogP contribution in [0.3, 0.4) is 0 Å². The van der Waals surface area contributed by atoms with Gasteiger partial charge in [0.2, 0.25) is 6.79 Å². The molecule has 2 aromatic carbocycles. The molecule has 2 fully saturated rings. The Kier molecular flexibility index (Phi) is 7.08. The molecule has 2 aromatic heterocycles. The highest BCUT2D eigenvalue weighted by molar-refractivity contribution is 6.43. The van der Waals surface area contributed by atoms with Crippen molar-refractivity contribution in [2.45, 2.75) is 45.3 Å². The van der Waals surface area contributed by atoms with Crippen LogP contribution in [0.15, 0.2) is 42.6 Å². The monoisotopic (exact) mass is 607 g/mol. The predicted molar refractivity (Wildman–Crippen MR) is 163 cm³/mol. The van der Waals surface area contributed by atoms with Gasteiger partial charge < -0.3 is 24.4 Å². The number of hydrogen-bond acceptors (Lipinski definition) is 8. The maximum atomic E-state index is 8.92. The molecule has 10 nitrogen and oxygen atoms in total. The van der Waals surface area contributed by atoms with Crippen molar-refractivity contribution in [1.29, 1.82) is 5.41 Å². The highest BCUT2D eigenvalue weighted by Gasteiger charge is 2.36. The van der Waals surface area contributed by atoms with Gasteiger partial charge in [-0.25, -0.2) is 14.6 Å². The molecule has 42 heavy (non-hydrogen) atoms. The van der Waals surface area contributed by atoms with Gasteiger partial charge in [0.15, 0.2) is 23.4 Å². The topological polar surface area (TPSA) is 110 Å². The Bertz CT molecular complexity index is 1660. The Morgan fingerprint density at radius 2 is 1.93 bits per heavy atom. The Morgan fingerprint density at radius 3 is 2.74 bits per heavy atom. The first kappa shape index (κ1) is 27.2. The molecule has 1 atom stereocenters. The second kappa shape index (κ2) is 10.9. The second-order valence-electron chi connectivity index (χ2n) is 11.2.